The Kier molecular flexibility index (Phi) is 4.30. The van der Waals surface area contributed by atoms with Crippen LogP contribution in [0.3, 0.4) is 0 Å². The van der Waals surface area contributed by atoms with Crippen LogP contribution in [0.1, 0.15) is 30.1 Å². The van der Waals surface area contributed by atoms with Crippen LogP contribution in [0.4, 0.5) is 0 Å². The summed E-state index contributed by atoms with van der Waals surface area (Å²) in [5.74, 6) is 1.79. The molecular weight excluding hydrogens is 296 g/mol. The molecule has 1 unspecified atom stereocenters. The van der Waals surface area contributed by atoms with E-state index in [1.807, 2.05) is 6.07 Å². The number of H-pyrrole nitrogens is 1. The molecule has 0 radical (unpaired) electrons. The predicted octanol–water partition coefficient (Wildman–Crippen LogP) is 3.72. The van der Waals surface area contributed by atoms with E-state index >= 15 is 0 Å². The highest BCUT2D eigenvalue weighted by atomic mass is 15.1. The molecule has 0 aliphatic carbocycles. The first-order chi connectivity index (χ1) is 11.8. The number of aryl methyl sites for hydroxylation is 1. The number of pyridine rings is 1. The third kappa shape index (κ3) is 3.49. The van der Waals surface area contributed by atoms with Gasteiger partial charge in [0, 0.05) is 25.2 Å². The summed E-state index contributed by atoms with van der Waals surface area (Å²) in [6, 6.07) is 14.6. The fourth-order valence-electron chi connectivity index (χ4n) is 3.75. The van der Waals surface area contributed by atoms with Gasteiger partial charge in [-0.05, 0) is 56.5 Å². The average molecular weight is 320 g/mol. The maximum atomic E-state index is 4.74. The average Bonchev–Trinajstić information content (AvgIpc) is 2.97. The number of imidazole rings is 1. The van der Waals surface area contributed by atoms with E-state index in [-0.39, 0.29) is 0 Å². The molecule has 0 bridgehead atoms. The zero-order valence-electron chi connectivity index (χ0n) is 14.2. The van der Waals surface area contributed by atoms with Crippen LogP contribution < -0.4 is 0 Å². The number of aromatic amines is 1. The van der Waals surface area contributed by atoms with Crippen molar-refractivity contribution in [2.24, 2.45) is 5.92 Å². The fourth-order valence-corrected chi connectivity index (χ4v) is 3.75. The Hall–Kier alpha value is -2.20. The Morgan fingerprint density at radius 1 is 1.12 bits per heavy atom. The van der Waals surface area contributed by atoms with Crippen LogP contribution in [0.2, 0.25) is 0 Å². The molecule has 0 spiro atoms. The van der Waals surface area contributed by atoms with Gasteiger partial charge in [-0.15, -0.1) is 0 Å². The summed E-state index contributed by atoms with van der Waals surface area (Å²) in [5.41, 5.74) is 4.50. The molecule has 0 saturated carbocycles. The topological polar surface area (TPSA) is 44.8 Å². The molecule has 1 N–H and O–H groups in total. The zero-order chi connectivity index (χ0) is 16.4. The Morgan fingerprint density at radius 3 is 2.92 bits per heavy atom. The summed E-state index contributed by atoms with van der Waals surface area (Å²) < 4.78 is 0. The van der Waals surface area contributed by atoms with Gasteiger partial charge in [-0.2, -0.15) is 0 Å². The summed E-state index contributed by atoms with van der Waals surface area (Å²) in [6.07, 6.45) is 3.58. The predicted molar refractivity (Wildman–Crippen MR) is 96.8 cm³/mol. The molecule has 1 aromatic carbocycles. The van der Waals surface area contributed by atoms with E-state index in [1.54, 1.807) is 0 Å². The maximum absolute atomic E-state index is 4.74. The van der Waals surface area contributed by atoms with Crippen molar-refractivity contribution in [3.05, 3.63) is 59.7 Å². The van der Waals surface area contributed by atoms with Gasteiger partial charge in [0.05, 0.1) is 16.7 Å². The minimum Gasteiger partial charge on any atom is -0.342 e. The highest BCUT2D eigenvalue weighted by molar-refractivity contribution is 5.74. The lowest BCUT2D eigenvalue weighted by Gasteiger charge is -2.32. The van der Waals surface area contributed by atoms with Crippen LogP contribution in [0.15, 0.2) is 42.5 Å². The summed E-state index contributed by atoms with van der Waals surface area (Å²) >= 11 is 0. The number of nitrogens with zero attached hydrogens (tertiary/aromatic N) is 3. The lowest BCUT2D eigenvalue weighted by molar-refractivity contribution is 0.164. The van der Waals surface area contributed by atoms with E-state index in [4.69, 9.17) is 4.98 Å². The molecule has 0 amide bonds. The van der Waals surface area contributed by atoms with Gasteiger partial charge in [-0.3, -0.25) is 9.88 Å². The van der Waals surface area contributed by atoms with E-state index in [1.165, 1.54) is 25.1 Å². The largest absolute Gasteiger partial charge is 0.342 e. The van der Waals surface area contributed by atoms with Crippen LogP contribution in [-0.4, -0.2) is 32.9 Å². The van der Waals surface area contributed by atoms with E-state index in [0.29, 0.717) is 5.92 Å². The highest BCUT2D eigenvalue weighted by Crippen LogP contribution is 2.22. The molecule has 4 rings (SSSR count). The zero-order valence-corrected chi connectivity index (χ0v) is 14.2. The van der Waals surface area contributed by atoms with Crippen LogP contribution in [0.25, 0.3) is 11.0 Å². The van der Waals surface area contributed by atoms with Crippen molar-refractivity contribution in [1.82, 2.24) is 19.9 Å². The number of likely N-dealkylation sites (tertiary alicyclic amines) is 1. The van der Waals surface area contributed by atoms with Crippen molar-refractivity contribution in [2.75, 3.05) is 13.1 Å². The Balaban J connectivity index is 1.41. The normalized spacial score (nSPS) is 19.0. The smallest absolute Gasteiger partial charge is 0.107 e. The van der Waals surface area contributed by atoms with E-state index in [9.17, 15) is 0 Å². The summed E-state index contributed by atoms with van der Waals surface area (Å²) in [4.78, 5) is 15.4. The molecule has 3 aromatic rings. The van der Waals surface area contributed by atoms with Crippen molar-refractivity contribution in [3.8, 4) is 0 Å². The minimum absolute atomic E-state index is 0.670. The molecule has 1 atom stereocenters. The lowest BCUT2D eigenvalue weighted by atomic mass is 9.94. The second-order valence-corrected chi connectivity index (χ2v) is 6.92. The summed E-state index contributed by atoms with van der Waals surface area (Å²) in [7, 11) is 0. The molecule has 3 heterocycles. The van der Waals surface area contributed by atoms with Crippen molar-refractivity contribution in [3.63, 3.8) is 0 Å². The molecule has 1 aliphatic heterocycles. The Morgan fingerprint density at radius 2 is 2.04 bits per heavy atom. The van der Waals surface area contributed by atoms with Crippen molar-refractivity contribution < 1.29 is 0 Å². The number of hydrogen-bond donors (Lipinski definition) is 1. The highest BCUT2D eigenvalue weighted by Gasteiger charge is 2.21. The maximum Gasteiger partial charge on any atom is 0.107 e. The first-order valence-corrected chi connectivity index (χ1v) is 8.85. The first kappa shape index (κ1) is 15.3. The van der Waals surface area contributed by atoms with Gasteiger partial charge < -0.3 is 4.98 Å². The van der Waals surface area contributed by atoms with Crippen LogP contribution in [-0.2, 0) is 13.0 Å². The van der Waals surface area contributed by atoms with Gasteiger partial charge in [0.1, 0.15) is 5.82 Å². The quantitative estimate of drug-likeness (QED) is 0.797. The number of aromatic nitrogens is 3. The van der Waals surface area contributed by atoms with E-state index in [0.717, 1.165) is 42.1 Å². The van der Waals surface area contributed by atoms with Gasteiger partial charge in [0.15, 0.2) is 0 Å². The third-order valence-electron chi connectivity index (χ3n) is 4.86. The van der Waals surface area contributed by atoms with Crippen LogP contribution >= 0.6 is 0 Å². The number of para-hydroxylation sites is 2. The van der Waals surface area contributed by atoms with Crippen molar-refractivity contribution >= 4 is 11.0 Å². The minimum atomic E-state index is 0.670. The molecule has 1 aliphatic rings. The van der Waals surface area contributed by atoms with Gasteiger partial charge in [0.2, 0.25) is 0 Å². The standard InChI is InChI=1S/C20H24N4/c1-15-6-4-8-17(21-15)14-24-11-5-7-16(13-24)12-20-22-18-9-2-3-10-19(18)23-20/h2-4,6,8-10,16H,5,7,11-14H2,1H3,(H,22,23). The number of benzene rings is 1. The SMILES string of the molecule is Cc1cccc(CN2CCCC(Cc3nc4ccccc4[nH]3)C2)n1. The summed E-state index contributed by atoms with van der Waals surface area (Å²) in [6.45, 7) is 5.32. The Labute approximate surface area is 142 Å². The van der Waals surface area contributed by atoms with Crippen molar-refractivity contribution in [1.29, 1.82) is 0 Å². The monoisotopic (exact) mass is 320 g/mol. The van der Waals surface area contributed by atoms with E-state index in [2.05, 4.69) is 58.2 Å². The molecule has 1 fully saturated rings. The molecule has 124 valence electrons. The molecule has 4 nitrogen and oxygen atoms in total. The van der Waals surface area contributed by atoms with Gasteiger partial charge in [-0.25, -0.2) is 4.98 Å². The third-order valence-corrected chi connectivity index (χ3v) is 4.86. The molecular formula is C20H24N4. The molecule has 2 aromatic heterocycles. The molecule has 1 saturated heterocycles. The number of hydrogen-bond acceptors (Lipinski definition) is 3. The number of fused-ring (bicyclic) bond motifs is 1. The second-order valence-electron chi connectivity index (χ2n) is 6.92. The summed E-state index contributed by atoms with van der Waals surface area (Å²) in [5, 5.41) is 0. The first-order valence-electron chi connectivity index (χ1n) is 8.85. The molecule has 4 heteroatoms. The van der Waals surface area contributed by atoms with E-state index < -0.39 is 0 Å². The lowest BCUT2D eigenvalue weighted by Crippen LogP contribution is -2.36. The fraction of sp³-hybridized carbons (Fsp3) is 0.400. The van der Waals surface area contributed by atoms with Crippen molar-refractivity contribution in [2.45, 2.75) is 32.7 Å². The number of nitrogens with one attached hydrogen (secondary N) is 1. The van der Waals surface area contributed by atoms with Gasteiger partial charge in [0.25, 0.3) is 0 Å². The second kappa shape index (κ2) is 6.73. The van der Waals surface area contributed by atoms with Gasteiger partial charge in [-0.1, -0.05) is 18.2 Å². The van der Waals surface area contributed by atoms with Crippen LogP contribution in [0, 0.1) is 12.8 Å². The Bertz CT molecular complexity index is 790. The van der Waals surface area contributed by atoms with Gasteiger partial charge >= 0.3 is 0 Å². The molecule has 24 heavy (non-hydrogen) atoms. The van der Waals surface area contributed by atoms with Crippen LogP contribution in [0.5, 0.6) is 0 Å². The number of piperidine rings is 1. The number of rotatable bonds is 4.